The van der Waals surface area contributed by atoms with Crippen molar-refractivity contribution in [1.82, 2.24) is 9.97 Å². The quantitative estimate of drug-likeness (QED) is 0.792. The van der Waals surface area contributed by atoms with E-state index in [1.54, 1.807) is 0 Å². The molecular weight excluding hydrogens is 287 g/mol. The van der Waals surface area contributed by atoms with Crippen LogP contribution in [-0.4, -0.2) is 22.4 Å². The zero-order valence-corrected chi connectivity index (χ0v) is 12.5. The lowest BCUT2D eigenvalue weighted by Gasteiger charge is -2.16. The number of nitrogens with zero attached hydrogens (tertiary/aromatic N) is 2. The standard InChI is InChI=1S/C12H18Cl2N4O/c1-7(2)3-8(5-15)4-9(19)18-10-11(13)16-6-17-12(10)14/h6-8H,3-5,15H2,1-2H3,(H,18,19). The Morgan fingerprint density at radius 3 is 2.42 bits per heavy atom. The van der Waals surface area contributed by atoms with Crippen LogP contribution in [0.2, 0.25) is 10.3 Å². The Balaban J connectivity index is 2.64. The summed E-state index contributed by atoms with van der Waals surface area (Å²) in [6, 6.07) is 0. The monoisotopic (exact) mass is 304 g/mol. The van der Waals surface area contributed by atoms with E-state index >= 15 is 0 Å². The number of anilines is 1. The van der Waals surface area contributed by atoms with Gasteiger partial charge < -0.3 is 11.1 Å². The molecule has 1 amide bonds. The minimum atomic E-state index is -0.185. The van der Waals surface area contributed by atoms with Gasteiger partial charge in [0.05, 0.1) is 0 Å². The Kier molecular flexibility index (Phi) is 6.48. The van der Waals surface area contributed by atoms with Crippen molar-refractivity contribution in [2.75, 3.05) is 11.9 Å². The first kappa shape index (κ1) is 16.1. The van der Waals surface area contributed by atoms with E-state index in [4.69, 9.17) is 28.9 Å². The first-order chi connectivity index (χ1) is 8.93. The lowest BCUT2D eigenvalue weighted by molar-refractivity contribution is -0.117. The second-order valence-corrected chi connectivity index (χ2v) is 5.53. The van der Waals surface area contributed by atoms with Crippen LogP contribution in [0.4, 0.5) is 5.69 Å². The van der Waals surface area contributed by atoms with Gasteiger partial charge in [-0.05, 0) is 24.8 Å². The molecule has 5 nitrogen and oxygen atoms in total. The van der Waals surface area contributed by atoms with E-state index in [0.29, 0.717) is 18.9 Å². The number of carbonyl (C=O) groups is 1. The summed E-state index contributed by atoms with van der Waals surface area (Å²) in [7, 11) is 0. The number of aromatic nitrogens is 2. The number of rotatable bonds is 6. The minimum absolute atomic E-state index is 0.126. The van der Waals surface area contributed by atoms with Gasteiger partial charge in [-0.25, -0.2) is 9.97 Å². The van der Waals surface area contributed by atoms with Crippen LogP contribution in [0.25, 0.3) is 0 Å². The van der Waals surface area contributed by atoms with E-state index in [2.05, 4.69) is 29.1 Å². The predicted octanol–water partition coefficient (Wildman–Crippen LogP) is 2.73. The molecule has 0 aliphatic rings. The van der Waals surface area contributed by atoms with E-state index in [-0.39, 0.29) is 27.8 Å². The second-order valence-electron chi connectivity index (χ2n) is 4.81. The van der Waals surface area contributed by atoms with Crippen LogP contribution in [0.3, 0.4) is 0 Å². The molecule has 1 aromatic heterocycles. The highest BCUT2D eigenvalue weighted by atomic mass is 35.5. The molecular formula is C12H18Cl2N4O. The molecule has 1 aromatic rings. The van der Waals surface area contributed by atoms with Crippen molar-refractivity contribution >= 4 is 34.8 Å². The summed E-state index contributed by atoms with van der Waals surface area (Å²) < 4.78 is 0. The molecule has 0 aliphatic carbocycles. The Labute approximate surface area is 122 Å². The van der Waals surface area contributed by atoms with Crippen LogP contribution >= 0.6 is 23.2 Å². The summed E-state index contributed by atoms with van der Waals surface area (Å²) in [6.45, 7) is 4.66. The third-order valence-electron chi connectivity index (χ3n) is 2.63. The molecule has 1 unspecified atom stereocenters. The maximum absolute atomic E-state index is 11.9. The Morgan fingerprint density at radius 2 is 1.95 bits per heavy atom. The molecule has 106 valence electrons. The lowest BCUT2D eigenvalue weighted by atomic mass is 9.94. The average Bonchev–Trinajstić information content (AvgIpc) is 2.32. The SMILES string of the molecule is CC(C)CC(CN)CC(=O)Nc1c(Cl)ncnc1Cl. The molecule has 0 spiro atoms. The maximum Gasteiger partial charge on any atom is 0.224 e. The molecule has 1 rings (SSSR count). The van der Waals surface area contributed by atoms with Crippen molar-refractivity contribution in [2.45, 2.75) is 26.7 Å². The number of carbonyl (C=O) groups excluding carboxylic acids is 1. The molecule has 0 saturated heterocycles. The van der Waals surface area contributed by atoms with E-state index in [0.717, 1.165) is 6.42 Å². The smallest absolute Gasteiger partial charge is 0.224 e. The lowest BCUT2D eigenvalue weighted by Crippen LogP contribution is -2.23. The van der Waals surface area contributed by atoms with Crippen molar-refractivity contribution in [3.8, 4) is 0 Å². The minimum Gasteiger partial charge on any atom is -0.330 e. The molecule has 0 fully saturated rings. The van der Waals surface area contributed by atoms with Crippen molar-refractivity contribution in [1.29, 1.82) is 0 Å². The van der Waals surface area contributed by atoms with Crippen molar-refractivity contribution in [3.05, 3.63) is 16.6 Å². The molecule has 7 heteroatoms. The van der Waals surface area contributed by atoms with Gasteiger partial charge in [0.25, 0.3) is 0 Å². The third-order valence-corrected chi connectivity index (χ3v) is 3.20. The molecule has 19 heavy (non-hydrogen) atoms. The van der Waals surface area contributed by atoms with Crippen molar-refractivity contribution in [3.63, 3.8) is 0 Å². The van der Waals surface area contributed by atoms with E-state index < -0.39 is 0 Å². The molecule has 0 aromatic carbocycles. The summed E-state index contributed by atoms with van der Waals surface area (Å²) in [5, 5.41) is 2.89. The van der Waals surface area contributed by atoms with Gasteiger partial charge in [-0.2, -0.15) is 0 Å². The number of nitrogens with one attached hydrogen (secondary N) is 1. The zero-order chi connectivity index (χ0) is 14.4. The molecule has 0 aliphatic heterocycles. The summed E-state index contributed by atoms with van der Waals surface area (Å²) in [4.78, 5) is 19.5. The predicted molar refractivity (Wildman–Crippen MR) is 77.3 cm³/mol. The van der Waals surface area contributed by atoms with E-state index in [1.807, 2.05) is 0 Å². The number of hydrogen-bond acceptors (Lipinski definition) is 4. The number of halogens is 2. The highest BCUT2D eigenvalue weighted by Crippen LogP contribution is 2.26. The summed E-state index contributed by atoms with van der Waals surface area (Å²) in [5.41, 5.74) is 5.91. The van der Waals surface area contributed by atoms with Gasteiger partial charge in [0, 0.05) is 6.42 Å². The summed E-state index contributed by atoms with van der Waals surface area (Å²) in [6.07, 6.45) is 2.47. The molecule has 1 atom stereocenters. The van der Waals surface area contributed by atoms with Crippen LogP contribution < -0.4 is 11.1 Å². The first-order valence-corrected chi connectivity index (χ1v) is 6.85. The highest BCUT2D eigenvalue weighted by Gasteiger charge is 2.17. The van der Waals surface area contributed by atoms with Crippen molar-refractivity contribution < 1.29 is 4.79 Å². The fourth-order valence-corrected chi connectivity index (χ4v) is 2.24. The van der Waals surface area contributed by atoms with Gasteiger partial charge >= 0.3 is 0 Å². The normalized spacial score (nSPS) is 12.5. The van der Waals surface area contributed by atoms with E-state index in [9.17, 15) is 4.79 Å². The molecule has 0 saturated carbocycles. The van der Waals surface area contributed by atoms with Crippen molar-refractivity contribution in [2.24, 2.45) is 17.6 Å². The number of amides is 1. The molecule has 1 heterocycles. The van der Waals surface area contributed by atoms with Gasteiger partial charge in [0.1, 0.15) is 12.0 Å². The molecule has 0 radical (unpaired) electrons. The van der Waals surface area contributed by atoms with Crippen LogP contribution in [0.5, 0.6) is 0 Å². The van der Waals surface area contributed by atoms with Gasteiger partial charge in [-0.1, -0.05) is 37.0 Å². The number of hydrogen-bond donors (Lipinski definition) is 2. The van der Waals surface area contributed by atoms with Gasteiger partial charge in [-0.3, -0.25) is 4.79 Å². The topological polar surface area (TPSA) is 80.9 Å². The van der Waals surface area contributed by atoms with Gasteiger partial charge in [0.2, 0.25) is 5.91 Å². The maximum atomic E-state index is 11.9. The third kappa shape index (κ3) is 5.30. The zero-order valence-electron chi connectivity index (χ0n) is 11.0. The Morgan fingerprint density at radius 1 is 1.37 bits per heavy atom. The summed E-state index contributed by atoms with van der Waals surface area (Å²) >= 11 is 11.7. The Hall–Kier alpha value is -0.910. The first-order valence-electron chi connectivity index (χ1n) is 6.10. The van der Waals surface area contributed by atoms with Crippen LogP contribution in [-0.2, 0) is 4.79 Å². The van der Waals surface area contributed by atoms with Gasteiger partial charge in [0.15, 0.2) is 10.3 Å². The second kappa shape index (κ2) is 7.62. The van der Waals surface area contributed by atoms with Crippen LogP contribution in [0.15, 0.2) is 6.33 Å². The number of nitrogens with two attached hydrogens (primary N) is 1. The van der Waals surface area contributed by atoms with E-state index in [1.165, 1.54) is 6.33 Å². The summed E-state index contributed by atoms with van der Waals surface area (Å²) in [5.74, 6) is 0.450. The fourth-order valence-electron chi connectivity index (χ4n) is 1.83. The van der Waals surface area contributed by atoms with Gasteiger partial charge in [-0.15, -0.1) is 0 Å². The van der Waals surface area contributed by atoms with Crippen LogP contribution in [0, 0.1) is 11.8 Å². The Bertz CT molecular complexity index is 419. The fraction of sp³-hybridized carbons (Fsp3) is 0.583. The van der Waals surface area contributed by atoms with Crippen LogP contribution in [0.1, 0.15) is 26.7 Å². The average molecular weight is 305 g/mol. The molecule has 0 bridgehead atoms. The molecule has 3 N–H and O–H groups in total. The largest absolute Gasteiger partial charge is 0.330 e. The highest BCUT2D eigenvalue weighted by molar-refractivity contribution is 6.38.